The molecule has 10 heteroatoms. The number of nitrogens with one attached hydrogen (secondary N) is 1. The molecule has 0 saturated heterocycles. The number of nitrogens with two attached hydrogens (primary N) is 2. The fourth-order valence-electron chi connectivity index (χ4n) is 1.48. The maximum atomic E-state index is 10.9. The summed E-state index contributed by atoms with van der Waals surface area (Å²) >= 11 is 0. The number of rotatable bonds is 4. The first-order valence-electron chi connectivity index (χ1n) is 5.50. The van der Waals surface area contributed by atoms with Gasteiger partial charge in [0, 0.05) is 0 Å². The maximum absolute atomic E-state index is 10.9. The normalized spacial score (nSPS) is 12.1. The van der Waals surface area contributed by atoms with E-state index in [1.807, 2.05) is 0 Å². The van der Waals surface area contributed by atoms with Gasteiger partial charge in [-0.1, -0.05) is 12.1 Å². The number of benzene rings is 1. The monoisotopic (exact) mass is 296 g/mol. The number of aromatic nitrogens is 2. The van der Waals surface area contributed by atoms with Crippen LogP contribution in [-0.4, -0.2) is 20.0 Å². The van der Waals surface area contributed by atoms with Gasteiger partial charge in [0.15, 0.2) is 11.5 Å². The van der Waals surface area contributed by atoms with Crippen LogP contribution in [0.25, 0.3) is 0 Å². The molecule has 0 atom stereocenters. The van der Waals surface area contributed by atoms with Gasteiger partial charge in [0.2, 0.25) is 0 Å². The van der Waals surface area contributed by atoms with Crippen LogP contribution in [0.2, 0.25) is 0 Å². The van der Waals surface area contributed by atoms with Crippen molar-refractivity contribution in [2.45, 2.75) is 6.16 Å². The zero-order valence-electron chi connectivity index (χ0n) is 10.3. The molecule has 106 valence electrons. The number of nitrogen functional groups attached to an aromatic ring is 2. The van der Waals surface area contributed by atoms with Gasteiger partial charge in [0.1, 0.15) is 5.82 Å². The van der Waals surface area contributed by atoms with Crippen molar-refractivity contribution in [2.75, 3.05) is 11.5 Å². The summed E-state index contributed by atoms with van der Waals surface area (Å²) in [5.74, 6) is 0.355. The van der Waals surface area contributed by atoms with Crippen LogP contribution in [-0.2, 0) is 10.7 Å². The molecule has 1 aromatic heterocycles. The first-order valence-corrected chi connectivity index (χ1v) is 7.29. The summed E-state index contributed by atoms with van der Waals surface area (Å²) in [6.45, 7) is 0. The van der Waals surface area contributed by atoms with Crippen LogP contribution in [0.3, 0.4) is 0 Å². The molecule has 0 aliphatic heterocycles. The second-order valence-electron chi connectivity index (χ2n) is 4.06. The average molecular weight is 296 g/mol. The van der Waals surface area contributed by atoms with E-state index >= 15 is 0 Å². The molecule has 0 radical (unpaired) electrons. The van der Waals surface area contributed by atoms with Gasteiger partial charge in [-0.3, -0.25) is 9.66 Å². The molecule has 1 heterocycles. The summed E-state index contributed by atoms with van der Waals surface area (Å²) < 4.78 is 10.9. The lowest BCUT2D eigenvalue weighted by Crippen LogP contribution is -1.86. The van der Waals surface area contributed by atoms with Gasteiger partial charge < -0.3 is 21.3 Å². The second kappa shape index (κ2) is 5.41. The third kappa shape index (κ3) is 3.64. The molecule has 0 bridgehead atoms. The molecule has 9 nitrogen and oxygen atoms in total. The molecule has 0 amide bonds. The Bertz CT molecular complexity index is 655. The SMILES string of the molecule is Nc1n[nH]c(N)c1N=Nc1ccc(CP(=O)(O)O)cc1. The minimum Gasteiger partial charge on any atom is -0.382 e. The summed E-state index contributed by atoms with van der Waals surface area (Å²) in [5.41, 5.74) is 12.4. The van der Waals surface area contributed by atoms with E-state index < -0.39 is 7.60 Å². The van der Waals surface area contributed by atoms with Gasteiger partial charge in [-0.05, 0) is 17.7 Å². The van der Waals surface area contributed by atoms with Gasteiger partial charge in [0.25, 0.3) is 0 Å². The molecule has 0 aliphatic rings. The second-order valence-corrected chi connectivity index (χ2v) is 5.71. The van der Waals surface area contributed by atoms with E-state index in [0.29, 0.717) is 11.3 Å². The Hall–Kier alpha value is -2.22. The standard InChI is InChI=1S/C10H13N6O3P/c11-9-8(10(12)16-15-9)14-13-7-3-1-6(2-4-7)5-20(17,18)19/h1-4H,5H2,(H2,17,18,19)(H5,11,12,15,16). The molecular formula is C10H13N6O3P. The minimum absolute atomic E-state index is 0.143. The number of nitrogens with zero attached hydrogens (tertiary/aromatic N) is 3. The van der Waals surface area contributed by atoms with E-state index in [2.05, 4.69) is 20.4 Å². The first-order chi connectivity index (χ1) is 9.35. The van der Waals surface area contributed by atoms with E-state index in [4.69, 9.17) is 21.3 Å². The van der Waals surface area contributed by atoms with Crippen molar-refractivity contribution in [3.05, 3.63) is 29.8 Å². The topological polar surface area (TPSA) is 163 Å². The van der Waals surface area contributed by atoms with Crippen LogP contribution in [0.15, 0.2) is 34.5 Å². The van der Waals surface area contributed by atoms with Crippen LogP contribution < -0.4 is 11.5 Å². The Kier molecular flexibility index (Phi) is 3.84. The summed E-state index contributed by atoms with van der Waals surface area (Å²) in [7, 11) is -4.07. The van der Waals surface area contributed by atoms with Gasteiger partial charge >= 0.3 is 7.60 Å². The Morgan fingerprint density at radius 2 is 1.85 bits per heavy atom. The van der Waals surface area contributed by atoms with Crippen molar-refractivity contribution in [2.24, 2.45) is 10.2 Å². The number of hydrogen-bond acceptors (Lipinski definition) is 6. The van der Waals surface area contributed by atoms with Crippen molar-refractivity contribution in [3.8, 4) is 0 Å². The van der Waals surface area contributed by atoms with E-state index in [-0.39, 0.29) is 23.5 Å². The predicted octanol–water partition coefficient (Wildman–Crippen LogP) is 1.67. The van der Waals surface area contributed by atoms with Crippen molar-refractivity contribution in [3.63, 3.8) is 0 Å². The average Bonchev–Trinajstić information content (AvgIpc) is 2.67. The van der Waals surface area contributed by atoms with E-state index in [9.17, 15) is 4.57 Å². The van der Waals surface area contributed by atoms with E-state index in [1.54, 1.807) is 24.3 Å². The number of azo groups is 1. The van der Waals surface area contributed by atoms with E-state index in [1.165, 1.54) is 0 Å². The van der Waals surface area contributed by atoms with Crippen molar-refractivity contribution < 1.29 is 14.4 Å². The highest BCUT2D eigenvalue weighted by Crippen LogP contribution is 2.39. The number of anilines is 2. The third-order valence-electron chi connectivity index (χ3n) is 2.38. The highest BCUT2D eigenvalue weighted by Gasteiger charge is 2.13. The maximum Gasteiger partial charge on any atom is 0.329 e. The molecular weight excluding hydrogens is 283 g/mol. The van der Waals surface area contributed by atoms with Gasteiger partial charge in [0.05, 0.1) is 11.8 Å². The molecule has 0 spiro atoms. The fourth-order valence-corrected chi connectivity index (χ4v) is 2.17. The van der Waals surface area contributed by atoms with Gasteiger partial charge in [-0.2, -0.15) is 10.2 Å². The highest BCUT2D eigenvalue weighted by atomic mass is 31.2. The van der Waals surface area contributed by atoms with Crippen molar-refractivity contribution >= 4 is 30.6 Å². The number of aromatic amines is 1. The molecule has 2 rings (SSSR count). The molecule has 1 aromatic carbocycles. The lowest BCUT2D eigenvalue weighted by atomic mass is 10.2. The summed E-state index contributed by atoms with van der Waals surface area (Å²) in [6, 6.07) is 6.30. The predicted molar refractivity (Wildman–Crippen MR) is 73.8 cm³/mol. The Labute approximate surface area is 113 Å². The van der Waals surface area contributed by atoms with E-state index in [0.717, 1.165) is 0 Å². The summed E-state index contributed by atoms with van der Waals surface area (Å²) in [6.07, 6.45) is -0.313. The quantitative estimate of drug-likeness (QED) is 0.425. The van der Waals surface area contributed by atoms with Crippen molar-refractivity contribution in [1.29, 1.82) is 0 Å². The zero-order chi connectivity index (χ0) is 14.8. The molecule has 0 unspecified atom stereocenters. The molecule has 0 fully saturated rings. The number of hydrogen-bond donors (Lipinski definition) is 5. The van der Waals surface area contributed by atoms with Gasteiger partial charge in [-0.15, -0.1) is 5.11 Å². The van der Waals surface area contributed by atoms with Crippen LogP contribution in [0.4, 0.5) is 23.0 Å². The Morgan fingerprint density at radius 1 is 1.20 bits per heavy atom. The number of H-pyrrole nitrogens is 1. The largest absolute Gasteiger partial charge is 0.382 e. The lowest BCUT2D eigenvalue weighted by Gasteiger charge is -2.03. The molecule has 20 heavy (non-hydrogen) atoms. The first kappa shape index (κ1) is 14.2. The van der Waals surface area contributed by atoms with Crippen LogP contribution in [0, 0.1) is 0 Å². The summed E-state index contributed by atoms with van der Waals surface area (Å²) in [5, 5.41) is 13.9. The summed E-state index contributed by atoms with van der Waals surface area (Å²) in [4.78, 5) is 17.7. The smallest absolute Gasteiger partial charge is 0.329 e. The van der Waals surface area contributed by atoms with Gasteiger partial charge in [-0.25, -0.2) is 0 Å². The fraction of sp³-hybridized carbons (Fsp3) is 0.100. The molecule has 2 aromatic rings. The van der Waals surface area contributed by atoms with Crippen molar-refractivity contribution in [1.82, 2.24) is 10.2 Å². The van der Waals surface area contributed by atoms with Crippen LogP contribution >= 0.6 is 7.60 Å². The lowest BCUT2D eigenvalue weighted by molar-refractivity contribution is 0.371. The minimum atomic E-state index is -4.07. The molecule has 7 N–H and O–H groups in total. The highest BCUT2D eigenvalue weighted by molar-refractivity contribution is 7.50. The Morgan fingerprint density at radius 3 is 2.35 bits per heavy atom. The zero-order valence-corrected chi connectivity index (χ0v) is 11.2. The third-order valence-corrected chi connectivity index (χ3v) is 3.16. The molecule has 0 saturated carbocycles. The van der Waals surface area contributed by atoms with Crippen LogP contribution in [0.1, 0.15) is 5.56 Å². The molecule has 0 aliphatic carbocycles. The Balaban J connectivity index is 2.13. The van der Waals surface area contributed by atoms with Crippen LogP contribution in [0.5, 0.6) is 0 Å².